The zero-order valence-corrected chi connectivity index (χ0v) is 16.4. The van der Waals surface area contributed by atoms with Crippen molar-refractivity contribution < 1.29 is 27.5 Å². The van der Waals surface area contributed by atoms with Crippen molar-refractivity contribution in [1.29, 1.82) is 0 Å². The lowest BCUT2D eigenvalue weighted by molar-refractivity contribution is -0.0950. The summed E-state index contributed by atoms with van der Waals surface area (Å²) in [6, 6.07) is 6.47. The molecule has 0 radical (unpaired) electrons. The summed E-state index contributed by atoms with van der Waals surface area (Å²) in [5.74, 6) is -0.668. The van der Waals surface area contributed by atoms with Crippen LogP contribution in [0.2, 0.25) is 0 Å². The smallest absolute Gasteiger partial charge is 0.223 e. The number of ether oxygens (including phenoxy) is 2. The van der Waals surface area contributed by atoms with E-state index in [1.165, 1.54) is 37.6 Å². The van der Waals surface area contributed by atoms with Gasteiger partial charge in [-0.1, -0.05) is 5.16 Å². The Kier molecular flexibility index (Phi) is 5.78. The average Bonchev–Trinajstić information content (AvgIpc) is 2.73. The highest BCUT2D eigenvalue weighted by Gasteiger charge is 2.36. The summed E-state index contributed by atoms with van der Waals surface area (Å²) < 4.78 is 51.3. The molecule has 1 aromatic heterocycles. The molecule has 1 aliphatic heterocycles. The highest BCUT2D eigenvalue weighted by Crippen LogP contribution is 2.37. The van der Waals surface area contributed by atoms with E-state index in [9.17, 15) is 12.8 Å². The molecule has 2 heterocycles. The molecule has 0 bridgehead atoms. The van der Waals surface area contributed by atoms with Crippen LogP contribution in [0.3, 0.4) is 0 Å². The van der Waals surface area contributed by atoms with Crippen molar-refractivity contribution in [3.05, 3.63) is 53.5 Å². The fourth-order valence-electron chi connectivity index (χ4n) is 3.22. The number of hydrogen-bond acceptors (Lipinski definition) is 7. The van der Waals surface area contributed by atoms with Crippen LogP contribution in [0.15, 0.2) is 51.6 Å². The van der Waals surface area contributed by atoms with Crippen LogP contribution >= 0.6 is 0 Å². The van der Waals surface area contributed by atoms with E-state index < -0.39 is 21.3 Å². The van der Waals surface area contributed by atoms with Crippen molar-refractivity contribution in [3.8, 4) is 0 Å². The first-order valence-electron chi connectivity index (χ1n) is 8.66. The van der Waals surface area contributed by atoms with E-state index in [4.69, 9.17) is 14.7 Å². The second-order valence-electron chi connectivity index (χ2n) is 6.56. The molecule has 0 amide bonds. The van der Waals surface area contributed by atoms with E-state index in [-0.39, 0.29) is 9.92 Å². The SMILES string of the molecule is COC1(c2cc(F)cc(S(=O)(=O)c3ccc(C(C)=NO)cn3)c2)CCOCC1. The van der Waals surface area contributed by atoms with E-state index in [1.807, 2.05) is 0 Å². The average molecular weight is 408 g/mol. The van der Waals surface area contributed by atoms with Crippen LogP contribution in [0, 0.1) is 5.82 Å². The van der Waals surface area contributed by atoms with Gasteiger partial charge in [-0.25, -0.2) is 17.8 Å². The Balaban J connectivity index is 2.04. The Labute approximate surface area is 162 Å². The van der Waals surface area contributed by atoms with Crippen LogP contribution in [-0.2, 0) is 24.9 Å². The molecule has 0 spiro atoms. The van der Waals surface area contributed by atoms with Crippen molar-refractivity contribution >= 4 is 15.5 Å². The van der Waals surface area contributed by atoms with Gasteiger partial charge in [0.1, 0.15) is 5.82 Å². The molecule has 1 aromatic carbocycles. The normalized spacial score (nSPS) is 17.5. The molecular formula is C19H21FN2O5S. The molecular weight excluding hydrogens is 387 g/mol. The Morgan fingerprint density at radius 2 is 2.00 bits per heavy atom. The Bertz CT molecular complexity index is 984. The number of halogens is 1. The third-order valence-corrected chi connectivity index (χ3v) is 6.63. The number of pyridine rings is 1. The zero-order chi connectivity index (χ0) is 20.4. The summed E-state index contributed by atoms with van der Waals surface area (Å²) in [6.45, 7) is 2.45. The number of oxime groups is 1. The van der Waals surface area contributed by atoms with E-state index in [0.717, 1.165) is 6.07 Å². The summed E-state index contributed by atoms with van der Waals surface area (Å²) in [6.07, 6.45) is 2.29. The van der Waals surface area contributed by atoms with Gasteiger partial charge >= 0.3 is 0 Å². The van der Waals surface area contributed by atoms with E-state index in [2.05, 4.69) is 10.1 Å². The van der Waals surface area contributed by atoms with Gasteiger partial charge in [-0.05, 0) is 42.8 Å². The molecule has 0 atom stereocenters. The van der Waals surface area contributed by atoms with Crippen LogP contribution in [0.4, 0.5) is 4.39 Å². The zero-order valence-electron chi connectivity index (χ0n) is 15.6. The Morgan fingerprint density at radius 3 is 2.57 bits per heavy atom. The van der Waals surface area contributed by atoms with E-state index in [0.29, 0.717) is 42.9 Å². The Hall–Kier alpha value is -2.36. The minimum absolute atomic E-state index is 0.196. The lowest BCUT2D eigenvalue weighted by Gasteiger charge is -2.36. The topological polar surface area (TPSA) is 98.1 Å². The van der Waals surface area contributed by atoms with Crippen molar-refractivity contribution in [1.82, 2.24) is 4.98 Å². The first-order chi connectivity index (χ1) is 13.3. The first kappa shape index (κ1) is 20.4. The molecule has 0 aliphatic carbocycles. The highest BCUT2D eigenvalue weighted by atomic mass is 32.2. The maximum atomic E-state index is 14.3. The lowest BCUT2D eigenvalue weighted by Crippen LogP contribution is -2.35. The van der Waals surface area contributed by atoms with Gasteiger partial charge in [0.2, 0.25) is 9.84 Å². The quantitative estimate of drug-likeness (QED) is 0.464. The van der Waals surface area contributed by atoms with Gasteiger partial charge in [0.05, 0.1) is 16.2 Å². The van der Waals surface area contributed by atoms with Crippen molar-refractivity contribution in [2.45, 2.75) is 35.3 Å². The van der Waals surface area contributed by atoms with Gasteiger partial charge in [-0.15, -0.1) is 0 Å². The third-order valence-electron chi connectivity index (χ3n) is 4.98. The van der Waals surface area contributed by atoms with Crippen molar-refractivity contribution in [2.75, 3.05) is 20.3 Å². The molecule has 1 fully saturated rings. The third kappa shape index (κ3) is 3.78. The molecule has 3 rings (SSSR count). The van der Waals surface area contributed by atoms with Crippen molar-refractivity contribution in [2.24, 2.45) is 5.16 Å². The summed E-state index contributed by atoms with van der Waals surface area (Å²) in [5.41, 5.74) is 0.432. The summed E-state index contributed by atoms with van der Waals surface area (Å²) in [4.78, 5) is 3.76. The molecule has 9 heteroatoms. The van der Waals surface area contributed by atoms with Crippen LogP contribution in [0.25, 0.3) is 0 Å². The second kappa shape index (κ2) is 7.94. The number of aromatic nitrogens is 1. The highest BCUT2D eigenvalue weighted by molar-refractivity contribution is 7.91. The number of sulfone groups is 1. The van der Waals surface area contributed by atoms with Crippen molar-refractivity contribution in [3.63, 3.8) is 0 Å². The predicted molar refractivity (Wildman–Crippen MR) is 98.8 cm³/mol. The van der Waals surface area contributed by atoms with E-state index in [1.54, 1.807) is 6.92 Å². The van der Waals surface area contributed by atoms with Gasteiger partial charge < -0.3 is 14.7 Å². The fraction of sp³-hybridized carbons (Fsp3) is 0.368. The van der Waals surface area contributed by atoms with Gasteiger partial charge in [0, 0.05) is 44.9 Å². The standard InChI is InChI=1S/C19H21FN2O5S/c1-13(22-23)14-3-4-18(21-12-14)28(24,25)17-10-15(9-16(20)11-17)19(26-2)5-7-27-8-6-19/h3-4,9-12,23H,5-8H2,1-2H3. The molecule has 28 heavy (non-hydrogen) atoms. The maximum Gasteiger partial charge on any atom is 0.223 e. The maximum absolute atomic E-state index is 14.3. The molecule has 1 N–H and O–H groups in total. The summed E-state index contributed by atoms with van der Waals surface area (Å²) in [7, 11) is -2.52. The summed E-state index contributed by atoms with van der Waals surface area (Å²) >= 11 is 0. The predicted octanol–water partition coefficient (Wildman–Crippen LogP) is 2.90. The number of methoxy groups -OCH3 is 1. The largest absolute Gasteiger partial charge is 0.411 e. The number of nitrogens with zero attached hydrogens (tertiary/aromatic N) is 2. The molecule has 1 aliphatic rings. The van der Waals surface area contributed by atoms with E-state index >= 15 is 0 Å². The van der Waals surface area contributed by atoms with Crippen LogP contribution in [-0.4, -0.2) is 44.6 Å². The van der Waals surface area contributed by atoms with Gasteiger partial charge in [0.25, 0.3) is 0 Å². The molecule has 1 saturated heterocycles. The molecule has 2 aromatic rings. The van der Waals surface area contributed by atoms with Crippen LogP contribution < -0.4 is 0 Å². The molecule has 150 valence electrons. The van der Waals surface area contributed by atoms with Gasteiger partial charge in [-0.2, -0.15) is 0 Å². The number of rotatable bonds is 5. The first-order valence-corrected chi connectivity index (χ1v) is 10.1. The molecule has 0 unspecified atom stereocenters. The molecule has 7 nitrogen and oxygen atoms in total. The van der Waals surface area contributed by atoms with Crippen LogP contribution in [0.5, 0.6) is 0 Å². The lowest BCUT2D eigenvalue weighted by atomic mass is 9.86. The van der Waals surface area contributed by atoms with Gasteiger partial charge in [0.15, 0.2) is 5.03 Å². The minimum atomic E-state index is -4.05. The number of hydrogen-bond donors (Lipinski definition) is 1. The fourth-order valence-corrected chi connectivity index (χ4v) is 4.45. The van der Waals surface area contributed by atoms with Crippen LogP contribution in [0.1, 0.15) is 30.9 Å². The van der Waals surface area contributed by atoms with Gasteiger partial charge in [-0.3, -0.25) is 0 Å². The summed E-state index contributed by atoms with van der Waals surface area (Å²) in [5, 5.41) is 11.6. The minimum Gasteiger partial charge on any atom is -0.411 e. The Morgan fingerprint density at radius 1 is 1.29 bits per heavy atom. The second-order valence-corrected chi connectivity index (χ2v) is 8.46. The molecule has 0 saturated carbocycles. The monoisotopic (exact) mass is 408 g/mol. The number of benzene rings is 1.